The van der Waals surface area contributed by atoms with Crippen LogP contribution < -0.4 is 19.7 Å². The number of aromatic nitrogens is 1. The summed E-state index contributed by atoms with van der Waals surface area (Å²) in [5.41, 5.74) is 1.97. The van der Waals surface area contributed by atoms with E-state index in [0.717, 1.165) is 54.3 Å². The Kier molecular flexibility index (Phi) is 6.35. The summed E-state index contributed by atoms with van der Waals surface area (Å²) in [7, 11) is 3.30. The molecule has 1 aromatic heterocycles. The molecule has 0 unspecified atom stereocenters. The molecule has 1 aliphatic heterocycles. The molecule has 7 nitrogen and oxygen atoms in total. The topological polar surface area (TPSA) is 66.9 Å². The number of para-hydroxylation sites is 1. The van der Waals surface area contributed by atoms with Crippen LogP contribution in [-0.4, -0.2) is 62.7 Å². The minimum absolute atomic E-state index is 0.0362. The predicted molar refractivity (Wildman–Crippen MR) is 121 cm³/mol. The minimum atomic E-state index is -0.0362. The number of rotatable bonds is 6. The highest BCUT2D eigenvalue weighted by molar-refractivity contribution is 7.22. The first-order valence-electron chi connectivity index (χ1n) is 10.0. The van der Waals surface area contributed by atoms with Crippen molar-refractivity contribution >= 4 is 38.3 Å². The molecule has 0 aliphatic carbocycles. The summed E-state index contributed by atoms with van der Waals surface area (Å²) >= 11 is 1.46. The first kappa shape index (κ1) is 20.4. The lowest BCUT2D eigenvalue weighted by Gasteiger charge is -2.23. The quantitative estimate of drug-likeness (QED) is 0.651. The van der Waals surface area contributed by atoms with Gasteiger partial charge in [0, 0.05) is 31.9 Å². The Bertz CT molecular complexity index is 1010. The second kappa shape index (κ2) is 9.32. The Morgan fingerprint density at radius 2 is 1.90 bits per heavy atom. The van der Waals surface area contributed by atoms with E-state index in [1.54, 1.807) is 14.2 Å². The van der Waals surface area contributed by atoms with Crippen LogP contribution in [0.3, 0.4) is 0 Å². The first-order valence-corrected chi connectivity index (χ1v) is 10.8. The second-order valence-corrected chi connectivity index (χ2v) is 8.22. The number of nitrogens with zero attached hydrogens (tertiary/aromatic N) is 3. The number of thiazole rings is 1. The van der Waals surface area contributed by atoms with Gasteiger partial charge in [0.2, 0.25) is 5.91 Å². The molecule has 158 valence electrons. The van der Waals surface area contributed by atoms with E-state index < -0.39 is 0 Å². The van der Waals surface area contributed by atoms with Gasteiger partial charge in [-0.15, -0.1) is 0 Å². The standard InChI is InChI=1S/C22H26N4O3S/c1-28-17-9-7-16(8-10-17)26-12-4-11-25(13-14-26)15-20(27)23-22-24-21-18(29-2)5-3-6-19(21)30-22/h3,5-10H,4,11-15H2,1-2H3,(H,23,24,27). The molecule has 0 saturated carbocycles. The van der Waals surface area contributed by atoms with Gasteiger partial charge in [0.25, 0.3) is 0 Å². The van der Waals surface area contributed by atoms with Gasteiger partial charge in [-0.05, 0) is 42.8 Å². The second-order valence-electron chi connectivity index (χ2n) is 7.19. The molecular formula is C22H26N4O3S. The van der Waals surface area contributed by atoms with Crippen molar-refractivity contribution in [2.75, 3.05) is 57.2 Å². The van der Waals surface area contributed by atoms with Crippen molar-refractivity contribution in [1.29, 1.82) is 0 Å². The van der Waals surface area contributed by atoms with Gasteiger partial charge in [0.05, 0.1) is 25.5 Å². The van der Waals surface area contributed by atoms with Crippen LogP contribution in [0.15, 0.2) is 42.5 Å². The third kappa shape index (κ3) is 4.66. The molecule has 30 heavy (non-hydrogen) atoms. The zero-order valence-electron chi connectivity index (χ0n) is 17.3. The zero-order valence-corrected chi connectivity index (χ0v) is 18.1. The maximum Gasteiger partial charge on any atom is 0.240 e. The van der Waals surface area contributed by atoms with Crippen molar-refractivity contribution in [2.45, 2.75) is 6.42 Å². The van der Waals surface area contributed by atoms with Gasteiger partial charge in [-0.3, -0.25) is 9.69 Å². The van der Waals surface area contributed by atoms with Crippen molar-refractivity contribution in [2.24, 2.45) is 0 Å². The lowest BCUT2D eigenvalue weighted by molar-refractivity contribution is -0.117. The number of methoxy groups -OCH3 is 2. The smallest absolute Gasteiger partial charge is 0.240 e. The number of ether oxygens (including phenoxy) is 2. The van der Waals surface area contributed by atoms with Crippen LogP contribution in [0.5, 0.6) is 11.5 Å². The van der Waals surface area contributed by atoms with Crippen LogP contribution in [0.4, 0.5) is 10.8 Å². The van der Waals surface area contributed by atoms with Gasteiger partial charge in [-0.25, -0.2) is 4.98 Å². The average molecular weight is 427 g/mol. The molecular weight excluding hydrogens is 400 g/mol. The number of fused-ring (bicyclic) bond motifs is 1. The van der Waals surface area contributed by atoms with Crippen LogP contribution in [0, 0.1) is 0 Å². The van der Waals surface area contributed by atoms with Crippen molar-refractivity contribution in [1.82, 2.24) is 9.88 Å². The van der Waals surface area contributed by atoms with Crippen LogP contribution >= 0.6 is 11.3 Å². The molecule has 3 aromatic rings. The van der Waals surface area contributed by atoms with Crippen LogP contribution in [0.2, 0.25) is 0 Å². The Labute approximate surface area is 180 Å². The van der Waals surface area contributed by atoms with Crippen molar-refractivity contribution in [3.05, 3.63) is 42.5 Å². The Hall–Kier alpha value is -2.84. The fourth-order valence-electron chi connectivity index (χ4n) is 3.68. The van der Waals surface area contributed by atoms with Crippen molar-refractivity contribution in [3.8, 4) is 11.5 Å². The van der Waals surface area contributed by atoms with E-state index in [2.05, 4.69) is 32.2 Å². The molecule has 0 spiro atoms. The number of benzene rings is 2. The molecule has 2 aromatic carbocycles. The maximum absolute atomic E-state index is 12.6. The fraction of sp³-hybridized carbons (Fsp3) is 0.364. The van der Waals surface area contributed by atoms with E-state index in [9.17, 15) is 4.79 Å². The highest BCUT2D eigenvalue weighted by atomic mass is 32.1. The van der Waals surface area contributed by atoms with Gasteiger partial charge in [-0.1, -0.05) is 17.4 Å². The van der Waals surface area contributed by atoms with Gasteiger partial charge in [-0.2, -0.15) is 0 Å². The largest absolute Gasteiger partial charge is 0.497 e. The molecule has 1 amide bonds. The summed E-state index contributed by atoms with van der Waals surface area (Å²) in [5.74, 6) is 1.54. The molecule has 1 N–H and O–H groups in total. The number of hydrogen-bond acceptors (Lipinski definition) is 7. The summed E-state index contributed by atoms with van der Waals surface area (Å²) in [6, 6.07) is 13.9. The fourth-order valence-corrected chi connectivity index (χ4v) is 4.58. The SMILES string of the molecule is COc1ccc(N2CCCN(CC(=O)Nc3nc4c(OC)cccc4s3)CC2)cc1. The monoisotopic (exact) mass is 426 g/mol. The molecule has 0 bridgehead atoms. The molecule has 1 aliphatic rings. The molecule has 2 heterocycles. The molecule has 1 saturated heterocycles. The third-order valence-corrected chi connectivity index (χ3v) is 6.18. The Balaban J connectivity index is 1.33. The van der Waals surface area contributed by atoms with Crippen molar-refractivity contribution < 1.29 is 14.3 Å². The van der Waals surface area contributed by atoms with Crippen LogP contribution in [0.25, 0.3) is 10.2 Å². The zero-order chi connectivity index (χ0) is 20.9. The van der Waals surface area contributed by atoms with E-state index in [1.807, 2.05) is 30.3 Å². The van der Waals surface area contributed by atoms with Crippen molar-refractivity contribution in [3.63, 3.8) is 0 Å². The Morgan fingerprint density at radius 1 is 1.07 bits per heavy atom. The molecule has 0 radical (unpaired) electrons. The number of nitrogens with one attached hydrogen (secondary N) is 1. The third-order valence-electron chi connectivity index (χ3n) is 5.24. The summed E-state index contributed by atoms with van der Waals surface area (Å²) < 4.78 is 11.6. The van der Waals surface area contributed by atoms with E-state index in [-0.39, 0.29) is 5.91 Å². The molecule has 1 fully saturated rings. The minimum Gasteiger partial charge on any atom is -0.497 e. The molecule has 0 atom stereocenters. The number of anilines is 2. The lowest BCUT2D eigenvalue weighted by Crippen LogP contribution is -2.36. The average Bonchev–Trinajstić information content (AvgIpc) is 3.03. The molecule has 4 rings (SSSR count). The van der Waals surface area contributed by atoms with Gasteiger partial charge >= 0.3 is 0 Å². The van der Waals surface area contributed by atoms with Crippen LogP contribution in [-0.2, 0) is 4.79 Å². The summed E-state index contributed by atoms with van der Waals surface area (Å²) in [6.45, 7) is 3.96. The van der Waals surface area contributed by atoms with E-state index in [1.165, 1.54) is 17.0 Å². The molecule has 8 heteroatoms. The highest BCUT2D eigenvalue weighted by Crippen LogP contribution is 2.32. The summed E-state index contributed by atoms with van der Waals surface area (Å²) in [6.07, 6.45) is 1.01. The van der Waals surface area contributed by atoms with Gasteiger partial charge in [0.1, 0.15) is 17.0 Å². The normalized spacial score (nSPS) is 15.1. The van der Waals surface area contributed by atoms with E-state index in [4.69, 9.17) is 9.47 Å². The summed E-state index contributed by atoms with van der Waals surface area (Å²) in [5, 5.41) is 3.56. The number of amides is 1. The lowest BCUT2D eigenvalue weighted by atomic mass is 10.2. The maximum atomic E-state index is 12.6. The van der Waals surface area contributed by atoms with E-state index >= 15 is 0 Å². The van der Waals surface area contributed by atoms with E-state index in [0.29, 0.717) is 11.7 Å². The van der Waals surface area contributed by atoms with Crippen LogP contribution in [0.1, 0.15) is 6.42 Å². The number of carbonyl (C=O) groups excluding carboxylic acids is 1. The highest BCUT2D eigenvalue weighted by Gasteiger charge is 2.18. The Morgan fingerprint density at radius 3 is 2.67 bits per heavy atom. The number of carbonyl (C=O) groups is 1. The summed E-state index contributed by atoms with van der Waals surface area (Å²) in [4.78, 5) is 21.7. The first-order chi connectivity index (χ1) is 14.7. The predicted octanol–water partition coefficient (Wildman–Crippen LogP) is 3.46. The number of hydrogen-bond donors (Lipinski definition) is 1. The van der Waals surface area contributed by atoms with Gasteiger partial charge in [0.15, 0.2) is 5.13 Å². The van der Waals surface area contributed by atoms with Gasteiger partial charge < -0.3 is 19.7 Å².